The van der Waals surface area contributed by atoms with Gasteiger partial charge in [-0.1, -0.05) is 39.0 Å². The number of ketones is 1. The van der Waals surface area contributed by atoms with E-state index in [0.29, 0.717) is 12.8 Å². The Kier molecular flexibility index (Phi) is 5.08. The van der Waals surface area contributed by atoms with Gasteiger partial charge in [0.05, 0.1) is 4.90 Å². The second-order valence-corrected chi connectivity index (χ2v) is 6.95. The van der Waals surface area contributed by atoms with Gasteiger partial charge in [0, 0.05) is 6.42 Å². The summed E-state index contributed by atoms with van der Waals surface area (Å²) in [6, 6.07) is 8.19. The lowest BCUT2D eigenvalue weighted by Gasteiger charge is -2.16. The van der Waals surface area contributed by atoms with Crippen LogP contribution in [0.1, 0.15) is 33.6 Å². The van der Waals surface area contributed by atoms with Crippen LogP contribution >= 0.6 is 0 Å². The molecule has 0 aromatic heterocycles. The summed E-state index contributed by atoms with van der Waals surface area (Å²) in [4.78, 5) is 12.3. The van der Waals surface area contributed by atoms with Crippen LogP contribution in [-0.2, 0) is 14.6 Å². The third-order valence-corrected chi connectivity index (χ3v) is 5.06. The number of hydrogen-bond donors (Lipinski definition) is 0. The fourth-order valence-corrected chi connectivity index (χ4v) is 3.67. The fraction of sp³-hybridized carbons (Fsp3) is 0.500. The van der Waals surface area contributed by atoms with E-state index in [2.05, 4.69) is 0 Å². The van der Waals surface area contributed by atoms with Gasteiger partial charge in [-0.25, -0.2) is 8.42 Å². The van der Waals surface area contributed by atoms with Crippen molar-refractivity contribution in [3.8, 4) is 0 Å². The molecule has 3 nitrogen and oxygen atoms in total. The number of benzene rings is 1. The van der Waals surface area contributed by atoms with Crippen LogP contribution in [-0.4, -0.2) is 19.5 Å². The van der Waals surface area contributed by atoms with Gasteiger partial charge in [-0.15, -0.1) is 0 Å². The molecule has 0 radical (unpaired) electrons. The van der Waals surface area contributed by atoms with Gasteiger partial charge in [-0.05, 0) is 24.5 Å². The first kappa shape index (κ1) is 14.9. The smallest absolute Gasteiger partial charge is 0.188 e. The molecule has 100 valence electrons. The Morgan fingerprint density at radius 1 is 1.17 bits per heavy atom. The highest BCUT2D eigenvalue weighted by Gasteiger charge is 2.32. The molecule has 0 fully saturated rings. The SMILES string of the molecule is CCC(C(=O)CC(C)C)S(=O)(=O)c1ccccc1. The van der Waals surface area contributed by atoms with E-state index in [9.17, 15) is 13.2 Å². The molecule has 0 amide bonds. The Hall–Kier alpha value is -1.16. The maximum Gasteiger partial charge on any atom is 0.188 e. The molecule has 0 saturated heterocycles. The van der Waals surface area contributed by atoms with Crippen molar-refractivity contribution >= 4 is 15.6 Å². The van der Waals surface area contributed by atoms with E-state index in [4.69, 9.17) is 0 Å². The van der Waals surface area contributed by atoms with Gasteiger partial charge in [0.1, 0.15) is 5.25 Å². The fourth-order valence-electron chi connectivity index (χ4n) is 1.93. The monoisotopic (exact) mass is 268 g/mol. The van der Waals surface area contributed by atoms with Crippen molar-refractivity contribution in [1.82, 2.24) is 0 Å². The standard InChI is InChI=1S/C14H20O3S/c1-4-14(13(15)10-11(2)3)18(16,17)12-8-6-5-7-9-12/h5-9,11,14H,4,10H2,1-3H3. The second kappa shape index (κ2) is 6.14. The average Bonchev–Trinajstić information content (AvgIpc) is 2.29. The lowest BCUT2D eigenvalue weighted by molar-refractivity contribution is -0.119. The molecule has 0 heterocycles. The van der Waals surface area contributed by atoms with Crippen LogP contribution < -0.4 is 0 Å². The summed E-state index contributed by atoms with van der Waals surface area (Å²) in [7, 11) is -3.55. The summed E-state index contributed by atoms with van der Waals surface area (Å²) < 4.78 is 24.7. The van der Waals surface area contributed by atoms with Crippen LogP contribution in [0.15, 0.2) is 35.2 Å². The van der Waals surface area contributed by atoms with E-state index in [1.54, 1.807) is 37.3 Å². The zero-order valence-corrected chi connectivity index (χ0v) is 11.9. The number of hydrogen-bond acceptors (Lipinski definition) is 3. The van der Waals surface area contributed by atoms with E-state index < -0.39 is 15.1 Å². The average molecular weight is 268 g/mol. The predicted octanol–water partition coefficient (Wildman–Crippen LogP) is 2.85. The third-order valence-electron chi connectivity index (χ3n) is 2.79. The first-order valence-electron chi connectivity index (χ1n) is 6.21. The summed E-state index contributed by atoms with van der Waals surface area (Å²) in [6.07, 6.45) is 0.632. The van der Waals surface area contributed by atoms with Crippen LogP contribution in [0, 0.1) is 5.92 Å². The summed E-state index contributed by atoms with van der Waals surface area (Å²) in [5.41, 5.74) is 0. The van der Waals surface area contributed by atoms with Crippen molar-refractivity contribution in [3.63, 3.8) is 0 Å². The van der Waals surface area contributed by atoms with Gasteiger partial charge in [0.25, 0.3) is 0 Å². The summed E-state index contributed by atoms with van der Waals surface area (Å²) in [6.45, 7) is 5.57. The molecule has 1 aromatic carbocycles. The molecule has 0 aliphatic rings. The molecule has 0 spiro atoms. The first-order valence-corrected chi connectivity index (χ1v) is 7.75. The quantitative estimate of drug-likeness (QED) is 0.797. The van der Waals surface area contributed by atoms with Crippen molar-refractivity contribution in [2.24, 2.45) is 5.92 Å². The Bertz CT molecular complexity index is 489. The topological polar surface area (TPSA) is 51.2 Å². The van der Waals surface area contributed by atoms with Crippen molar-refractivity contribution in [1.29, 1.82) is 0 Å². The van der Waals surface area contributed by atoms with Gasteiger partial charge < -0.3 is 0 Å². The second-order valence-electron chi connectivity index (χ2n) is 4.82. The van der Waals surface area contributed by atoms with Crippen LogP contribution in [0.3, 0.4) is 0 Å². The Labute approximate surface area is 109 Å². The highest BCUT2D eigenvalue weighted by atomic mass is 32.2. The molecule has 1 aromatic rings. The summed E-state index contributed by atoms with van der Waals surface area (Å²) >= 11 is 0. The minimum atomic E-state index is -3.55. The number of sulfone groups is 1. The van der Waals surface area contributed by atoms with Crippen LogP contribution in [0.2, 0.25) is 0 Å². The minimum absolute atomic E-state index is 0.178. The molecule has 4 heteroatoms. The Morgan fingerprint density at radius 3 is 2.17 bits per heavy atom. The molecule has 0 aliphatic carbocycles. The molecule has 1 rings (SSSR count). The number of Topliss-reactive ketones (excluding diaryl/α,β-unsaturated/α-hetero) is 1. The molecular weight excluding hydrogens is 248 g/mol. The highest BCUT2D eigenvalue weighted by Crippen LogP contribution is 2.21. The maximum absolute atomic E-state index is 12.4. The number of carbonyl (C=O) groups is 1. The lowest BCUT2D eigenvalue weighted by Crippen LogP contribution is -2.30. The molecule has 0 bridgehead atoms. The third kappa shape index (κ3) is 3.42. The molecule has 1 atom stereocenters. The molecule has 0 saturated carbocycles. The van der Waals surface area contributed by atoms with E-state index in [-0.39, 0.29) is 16.6 Å². The van der Waals surface area contributed by atoms with Gasteiger partial charge in [-0.2, -0.15) is 0 Å². The van der Waals surface area contributed by atoms with Crippen LogP contribution in [0.4, 0.5) is 0 Å². The Morgan fingerprint density at radius 2 is 1.72 bits per heavy atom. The highest BCUT2D eigenvalue weighted by molar-refractivity contribution is 7.92. The van der Waals surface area contributed by atoms with Crippen LogP contribution in [0.5, 0.6) is 0 Å². The van der Waals surface area contributed by atoms with Crippen molar-refractivity contribution in [2.45, 2.75) is 43.8 Å². The number of carbonyl (C=O) groups excluding carboxylic acids is 1. The Balaban J connectivity index is 3.05. The van der Waals surface area contributed by atoms with Gasteiger partial charge in [0.2, 0.25) is 0 Å². The largest absolute Gasteiger partial charge is 0.298 e. The van der Waals surface area contributed by atoms with E-state index in [1.165, 1.54) is 0 Å². The normalized spacial score (nSPS) is 13.6. The molecule has 18 heavy (non-hydrogen) atoms. The van der Waals surface area contributed by atoms with E-state index >= 15 is 0 Å². The van der Waals surface area contributed by atoms with Gasteiger partial charge >= 0.3 is 0 Å². The van der Waals surface area contributed by atoms with Gasteiger partial charge in [-0.3, -0.25) is 4.79 Å². The predicted molar refractivity (Wildman–Crippen MR) is 72.2 cm³/mol. The van der Waals surface area contributed by atoms with Crippen molar-refractivity contribution in [2.75, 3.05) is 0 Å². The maximum atomic E-state index is 12.4. The van der Waals surface area contributed by atoms with Crippen LogP contribution in [0.25, 0.3) is 0 Å². The van der Waals surface area contributed by atoms with Gasteiger partial charge in [0.15, 0.2) is 15.6 Å². The van der Waals surface area contributed by atoms with Crippen molar-refractivity contribution in [3.05, 3.63) is 30.3 Å². The molecule has 1 unspecified atom stereocenters. The molecular formula is C14H20O3S. The van der Waals surface area contributed by atoms with E-state index in [0.717, 1.165) is 0 Å². The molecule has 0 N–H and O–H groups in total. The van der Waals surface area contributed by atoms with Crippen molar-refractivity contribution < 1.29 is 13.2 Å². The van der Waals surface area contributed by atoms with E-state index in [1.807, 2.05) is 13.8 Å². The molecule has 0 aliphatic heterocycles. The minimum Gasteiger partial charge on any atom is -0.298 e. The zero-order chi connectivity index (χ0) is 13.8. The zero-order valence-electron chi connectivity index (χ0n) is 11.1. The first-order chi connectivity index (χ1) is 8.39. The lowest BCUT2D eigenvalue weighted by atomic mass is 10.0. The summed E-state index contributed by atoms with van der Waals surface area (Å²) in [5.74, 6) is -0.00567. The number of rotatable bonds is 6. The summed E-state index contributed by atoms with van der Waals surface area (Å²) in [5, 5.41) is -0.915.